The highest BCUT2D eigenvalue weighted by molar-refractivity contribution is 7.80. The summed E-state index contributed by atoms with van der Waals surface area (Å²) in [6, 6.07) is 14.6. The predicted molar refractivity (Wildman–Crippen MR) is 115 cm³/mol. The molecule has 144 valence electrons. The third kappa shape index (κ3) is 3.40. The highest BCUT2D eigenvalue weighted by atomic mass is 32.1. The van der Waals surface area contributed by atoms with Gasteiger partial charge < -0.3 is 14.8 Å². The van der Waals surface area contributed by atoms with Gasteiger partial charge in [-0.2, -0.15) is 0 Å². The minimum atomic E-state index is 0.00952. The van der Waals surface area contributed by atoms with E-state index in [9.17, 15) is 0 Å². The summed E-state index contributed by atoms with van der Waals surface area (Å²) in [4.78, 5) is 11.3. The summed E-state index contributed by atoms with van der Waals surface area (Å²) in [5.74, 6) is 0. The van der Waals surface area contributed by atoms with Crippen molar-refractivity contribution in [3.8, 4) is 5.69 Å². The van der Waals surface area contributed by atoms with Crippen molar-refractivity contribution in [1.29, 1.82) is 0 Å². The van der Waals surface area contributed by atoms with E-state index in [0.717, 1.165) is 35.9 Å². The molecule has 1 N–H and O–H groups in total. The number of hydrogen-bond acceptors (Lipinski definition) is 3. The fourth-order valence-electron chi connectivity index (χ4n) is 3.92. The summed E-state index contributed by atoms with van der Waals surface area (Å²) in [5, 5.41) is 4.33. The average Bonchev–Trinajstić information content (AvgIpc) is 3.27. The van der Waals surface area contributed by atoms with Gasteiger partial charge in [0.1, 0.15) is 0 Å². The Kier molecular flexibility index (Phi) is 5.39. The van der Waals surface area contributed by atoms with Gasteiger partial charge in [0, 0.05) is 30.3 Å². The Bertz CT molecular complexity index is 938. The molecule has 0 saturated carbocycles. The Morgan fingerprint density at radius 2 is 2.00 bits per heavy atom. The highest BCUT2D eigenvalue weighted by Gasteiger charge is 2.41. The molecule has 2 atom stereocenters. The first-order valence-electron chi connectivity index (χ1n) is 9.77. The lowest BCUT2D eigenvalue weighted by Gasteiger charge is -2.29. The van der Waals surface area contributed by atoms with Crippen molar-refractivity contribution in [2.75, 3.05) is 6.54 Å². The number of rotatable bonds is 6. The quantitative estimate of drug-likeness (QED) is 0.633. The molecule has 1 aliphatic rings. The smallest absolute Gasteiger partial charge is 0.170 e. The molecule has 0 spiro atoms. The molecule has 0 aromatic carbocycles. The second-order valence-corrected chi connectivity index (χ2v) is 7.51. The van der Waals surface area contributed by atoms with Crippen molar-refractivity contribution in [2.24, 2.45) is 0 Å². The van der Waals surface area contributed by atoms with Crippen LogP contribution in [0.15, 0.2) is 61.1 Å². The lowest BCUT2D eigenvalue weighted by molar-refractivity contribution is 0.304. The minimum absolute atomic E-state index is 0.00952. The van der Waals surface area contributed by atoms with Crippen molar-refractivity contribution >= 4 is 17.3 Å². The normalized spacial score (nSPS) is 19.1. The molecular formula is C22H25N5S. The summed E-state index contributed by atoms with van der Waals surface area (Å²) in [6.07, 6.45) is 7.78. The molecule has 0 bridgehead atoms. The van der Waals surface area contributed by atoms with Crippen LogP contribution in [0, 0.1) is 6.92 Å². The van der Waals surface area contributed by atoms with E-state index < -0.39 is 0 Å². The molecule has 1 aliphatic heterocycles. The van der Waals surface area contributed by atoms with E-state index in [1.54, 1.807) is 6.20 Å². The number of aryl methyl sites for hydroxylation is 1. The van der Waals surface area contributed by atoms with Crippen molar-refractivity contribution in [3.05, 3.63) is 78.1 Å². The van der Waals surface area contributed by atoms with Crippen LogP contribution in [0.2, 0.25) is 0 Å². The van der Waals surface area contributed by atoms with Crippen LogP contribution in [0.5, 0.6) is 0 Å². The zero-order valence-electron chi connectivity index (χ0n) is 16.2. The van der Waals surface area contributed by atoms with Crippen LogP contribution < -0.4 is 5.32 Å². The van der Waals surface area contributed by atoms with Gasteiger partial charge in [0.25, 0.3) is 0 Å². The number of hydrogen-bond donors (Lipinski definition) is 1. The Morgan fingerprint density at radius 1 is 1.11 bits per heavy atom. The maximum absolute atomic E-state index is 5.74. The van der Waals surface area contributed by atoms with Crippen LogP contribution in [0.25, 0.3) is 5.69 Å². The van der Waals surface area contributed by atoms with E-state index in [-0.39, 0.29) is 12.1 Å². The second kappa shape index (κ2) is 8.10. The van der Waals surface area contributed by atoms with Crippen LogP contribution >= 0.6 is 12.2 Å². The van der Waals surface area contributed by atoms with Crippen LogP contribution in [0.1, 0.15) is 48.9 Å². The molecule has 5 nitrogen and oxygen atoms in total. The predicted octanol–water partition coefficient (Wildman–Crippen LogP) is 4.35. The summed E-state index contributed by atoms with van der Waals surface area (Å²) in [5.41, 5.74) is 4.44. The molecule has 3 aromatic heterocycles. The summed E-state index contributed by atoms with van der Waals surface area (Å²) in [7, 11) is 0. The molecule has 1 saturated heterocycles. The van der Waals surface area contributed by atoms with Crippen LogP contribution in [-0.4, -0.2) is 31.1 Å². The zero-order valence-corrected chi connectivity index (χ0v) is 17.1. The maximum Gasteiger partial charge on any atom is 0.170 e. The van der Waals surface area contributed by atoms with Crippen molar-refractivity contribution in [3.63, 3.8) is 0 Å². The number of nitrogens with zero attached hydrogens (tertiary/aromatic N) is 4. The fourth-order valence-corrected chi connectivity index (χ4v) is 4.26. The molecule has 1 fully saturated rings. The van der Waals surface area contributed by atoms with Crippen molar-refractivity contribution in [1.82, 2.24) is 24.8 Å². The molecule has 3 aromatic rings. The molecule has 2 unspecified atom stereocenters. The standard InChI is InChI=1S/C22H25N5S/c1-3-4-14-26-21(20(25-22(26)28)18-9-5-6-13-24-18)19-11-10-16(2)27(19)17-8-7-12-23-15-17/h5-13,15,20-21H,3-4,14H2,1-2H3,(H,25,28). The first-order chi connectivity index (χ1) is 13.7. The molecule has 6 heteroatoms. The summed E-state index contributed by atoms with van der Waals surface area (Å²) >= 11 is 5.74. The third-order valence-corrected chi connectivity index (χ3v) is 5.62. The van der Waals surface area contributed by atoms with E-state index in [1.807, 2.05) is 30.6 Å². The lowest BCUT2D eigenvalue weighted by atomic mass is 10.0. The van der Waals surface area contributed by atoms with Crippen LogP contribution in [0.3, 0.4) is 0 Å². The van der Waals surface area contributed by atoms with Gasteiger partial charge >= 0.3 is 0 Å². The number of unbranched alkanes of at least 4 members (excludes halogenated alkanes) is 1. The second-order valence-electron chi connectivity index (χ2n) is 7.12. The van der Waals surface area contributed by atoms with Crippen LogP contribution in [0.4, 0.5) is 0 Å². The van der Waals surface area contributed by atoms with Crippen molar-refractivity contribution in [2.45, 2.75) is 38.8 Å². The summed E-state index contributed by atoms with van der Waals surface area (Å²) < 4.78 is 2.28. The lowest BCUT2D eigenvalue weighted by Crippen LogP contribution is -2.31. The molecule has 0 amide bonds. The van der Waals surface area contributed by atoms with Crippen molar-refractivity contribution < 1.29 is 0 Å². The fraction of sp³-hybridized carbons (Fsp3) is 0.318. The van der Waals surface area contributed by atoms with Gasteiger partial charge in [-0.05, 0) is 62.0 Å². The van der Waals surface area contributed by atoms with E-state index in [4.69, 9.17) is 12.2 Å². The topological polar surface area (TPSA) is 46.0 Å². The van der Waals surface area contributed by atoms with Gasteiger partial charge in [-0.25, -0.2) is 0 Å². The first kappa shape index (κ1) is 18.6. The molecule has 0 aliphatic carbocycles. The monoisotopic (exact) mass is 391 g/mol. The molecule has 0 radical (unpaired) electrons. The Morgan fingerprint density at radius 3 is 2.71 bits per heavy atom. The van der Waals surface area contributed by atoms with Gasteiger partial charge in [0.05, 0.1) is 29.7 Å². The molecule has 4 heterocycles. The number of nitrogens with one attached hydrogen (secondary N) is 1. The van der Waals surface area contributed by atoms with Gasteiger partial charge in [-0.1, -0.05) is 19.4 Å². The van der Waals surface area contributed by atoms with Gasteiger partial charge in [-0.15, -0.1) is 0 Å². The zero-order chi connectivity index (χ0) is 19.5. The first-order valence-corrected chi connectivity index (χ1v) is 10.2. The Balaban J connectivity index is 1.82. The largest absolute Gasteiger partial charge is 0.352 e. The number of aromatic nitrogens is 3. The SMILES string of the molecule is CCCCN1C(=S)NC(c2ccccn2)C1c1ccc(C)n1-c1cccnc1. The molecule has 28 heavy (non-hydrogen) atoms. The Labute approximate surface area is 171 Å². The minimum Gasteiger partial charge on any atom is -0.352 e. The van der Waals surface area contributed by atoms with Crippen LogP contribution in [-0.2, 0) is 0 Å². The van der Waals surface area contributed by atoms with E-state index in [0.29, 0.717) is 0 Å². The van der Waals surface area contributed by atoms with E-state index in [1.165, 1.54) is 11.4 Å². The molecule has 4 rings (SSSR count). The third-order valence-electron chi connectivity index (χ3n) is 5.26. The Hall–Kier alpha value is -2.73. The molecular weight excluding hydrogens is 366 g/mol. The summed E-state index contributed by atoms with van der Waals surface area (Å²) in [6.45, 7) is 5.26. The van der Waals surface area contributed by atoms with Gasteiger partial charge in [0.2, 0.25) is 0 Å². The van der Waals surface area contributed by atoms with Gasteiger partial charge in [-0.3, -0.25) is 9.97 Å². The van der Waals surface area contributed by atoms with Gasteiger partial charge in [0.15, 0.2) is 5.11 Å². The van der Waals surface area contributed by atoms with E-state index >= 15 is 0 Å². The maximum atomic E-state index is 5.74. The van der Waals surface area contributed by atoms with E-state index in [2.05, 4.69) is 62.9 Å². The number of thiocarbonyl (C=S) groups is 1. The highest BCUT2D eigenvalue weighted by Crippen LogP contribution is 2.40. The average molecular weight is 392 g/mol. The number of pyridine rings is 2.